The van der Waals surface area contributed by atoms with Gasteiger partial charge in [0.1, 0.15) is 11.9 Å². The summed E-state index contributed by atoms with van der Waals surface area (Å²) in [5, 5.41) is 17.0. The van der Waals surface area contributed by atoms with Crippen molar-refractivity contribution in [1.82, 2.24) is 0 Å². The van der Waals surface area contributed by atoms with E-state index in [9.17, 15) is 5.11 Å². The number of methoxy groups -OCH3 is 1. The maximum absolute atomic E-state index is 11.9. The number of hydrogen-bond acceptors (Lipinski definition) is 5. The van der Waals surface area contributed by atoms with E-state index in [0.717, 1.165) is 22.6 Å². The number of nitrogens with zero attached hydrogens (tertiary/aromatic N) is 2. The van der Waals surface area contributed by atoms with Crippen molar-refractivity contribution in [3.63, 3.8) is 0 Å². The largest absolute Gasteiger partial charge is 0.497 e. The summed E-state index contributed by atoms with van der Waals surface area (Å²) < 4.78 is 5.37. The Bertz CT molecular complexity index is 1280. The number of oxime groups is 1. The number of ether oxygens (including phenoxy) is 1. The van der Waals surface area contributed by atoms with E-state index in [1.165, 1.54) is 0 Å². The fourth-order valence-electron chi connectivity index (χ4n) is 4.23. The summed E-state index contributed by atoms with van der Waals surface area (Å²) in [4.78, 5) is 8.20. The quantitative estimate of drug-likeness (QED) is 0.368. The normalized spacial score (nSPS) is 18.2. The molecule has 34 heavy (non-hydrogen) atoms. The van der Waals surface area contributed by atoms with Crippen LogP contribution in [-0.2, 0) is 10.6 Å². The first-order valence-electron chi connectivity index (χ1n) is 10.9. The average Bonchev–Trinajstić information content (AvgIpc) is 3.31. The fourth-order valence-corrected chi connectivity index (χ4v) is 4.35. The Kier molecular flexibility index (Phi) is 5.97. The van der Waals surface area contributed by atoms with E-state index < -0.39 is 11.8 Å². The van der Waals surface area contributed by atoms with Gasteiger partial charge in [0.15, 0.2) is 5.84 Å². The smallest absolute Gasteiger partial charge is 0.271 e. The number of aliphatic hydroxyl groups excluding tert-OH is 1. The Labute approximate surface area is 203 Å². The van der Waals surface area contributed by atoms with Crippen molar-refractivity contribution >= 4 is 23.1 Å². The summed E-state index contributed by atoms with van der Waals surface area (Å²) in [6.45, 7) is 0. The molecule has 170 valence electrons. The minimum absolute atomic E-state index is 0.556. The lowest BCUT2D eigenvalue weighted by Crippen LogP contribution is -2.51. The van der Waals surface area contributed by atoms with Crippen LogP contribution in [0.4, 0.5) is 5.69 Å². The van der Waals surface area contributed by atoms with Crippen LogP contribution in [-0.4, -0.2) is 18.1 Å². The van der Waals surface area contributed by atoms with Crippen LogP contribution in [0.15, 0.2) is 114 Å². The van der Waals surface area contributed by atoms with Crippen LogP contribution in [0.2, 0.25) is 5.02 Å². The van der Waals surface area contributed by atoms with Crippen molar-refractivity contribution in [2.75, 3.05) is 12.0 Å². The zero-order chi connectivity index (χ0) is 23.5. The first kappa shape index (κ1) is 22.0. The molecule has 5 nitrogen and oxygen atoms in total. The van der Waals surface area contributed by atoms with E-state index in [1.54, 1.807) is 7.11 Å². The zero-order valence-corrected chi connectivity index (χ0v) is 19.3. The minimum atomic E-state index is -1.35. The molecule has 0 aliphatic carbocycles. The van der Waals surface area contributed by atoms with Gasteiger partial charge in [-0.25, -0.2) is 0 Å². The van der Waals surface area contributed by atoms with Crippen molar-refractivity contribution in [3.8, 4) is 5.75 Å². The van der Waals surface area contributed by atoms with Crippen LogP contribution < -0.4 is 9.64 Å². The van der Waals surface area contributed by atoms with Crippen LogP contribution in [0.25, 0.3) is 0 Å². The maximum Gasteiger partial charge on any atom is 0.271 e. The maximum atomic E-state index is 11.9. The second-order valence-corrected chi connectivity index (χ2v) is 8.36. The van der Waals surface area contributed by atoms with Gasteiger partial charge in [0.05, 0.1) is 7.11 Å². The zero-order valence-electron chi connectivity index (χ0n) is 18.5. The van der Waals surface area contributed by atoms with Crippen molar-refractivity contribution in [2.45, 2.75) is 11.8 Å². The third-order valence-corrected chi connectivity index (χ3v) is 6.17. The van der Waals surface area contributed by atoms with E-state index >= 15 is 0 Å². The standard InChI is InChI=1S/C28H23ClN2O3/c1-33-25-18-16-24(17-19-25)31-27(21-12-14-23(29)15-13-21)30-34-28(31,22-10-6-3-7-11-22)26(32)20-8-4-2-5-9-20/h2-19,26,32H,1H3. The number of benzene rings is 4. The number of rotatable bonds is 6. The van der Waals surface area contributed by atoms with Crippen molar-refractivity contribution < 1.29 is 14.7 Å². The highest BCUT2D eigenvalue weighted by Gasteiger charge is 2.55. The fraction of sp³-hybridized carbons (Fsp3) is 0.107. The number of amidine groups is 1. The van der Waals surface area contributed by atoms with Crippen LogP contribution in [0, 0.1) is 0 Å². The summed E-state index contributed by atoms with van der Waals surface area (Å²) >= 11 is 6.15. The molecule has 0 saturated carbocycles. The minimum Gasteiger partial charge on any atom is -0.497 e. The van der Waals surface area contributed by atoms with Crippen molar-refractivity contribution in [2.24, 2.45) is 5.16 Å². The van der Waals surface area contributed by atoms with Gasteiger partial charge in [-0.3, -0.25) is 4.90 Å². The molecule has 0 amide bonds. The van der Waals surface area contributed by atoms with E-state index in [-0.39, 0.29) is 0 Å². The van der Waals surface area contributed by atoms with E-state index in [4.69, 9.17) is 21.2 Å². The second-order valence-electron chi connectivity index (χ2n) is 7.92. The number of aliphatic hydroxyl groups is 1. The van der Waals surface area contributed by atoms with Crippen LogP contribution in [0.1, 0.15) is 22.8 Å². The van der Waals surface area contributed by atoms with Gasteiger partial charge in [0.25, 0.3) is 5.72 Å². The highest BCUT2D eigenvalue weighted by Crippen LogP contribution is 2.48. The van der Waals surface area contributed by atoms with E-state index in [1.807, 2.05) is 114 Å². The lowest BCUT2D eigenvalue weighted by molar-refractivity contribution is -0.112. The highest BCUT2D eigenvalue weighted by atomic mass is 35.5. The van der Waals surface area contributed by atoms with Gasteiger partial charge in [-0.1, -0.05) is 77.4 Å². The summed E-state index contributed by atoms with van der Waals surface area (Å²) in [5.41, 5.74) is 1.70. The molecule has 1 heterocycles. The van der Waals surface area contributed by atoms with Crippen molar-refractivity contribution in [1.29, 1.82) is 0 Å². The number of hydrogen-bond donors (Lipinski definition) is 1. The summed E-state index contributed by atoms with van der Waals surface area (Å²) in [6.07, 6.45) is -1.06. The molecular weight excluding hydrogens is 448 g/mol. The van der Waals surface area contributed by atoms with E-state index in [2.05, 4.69) is 5.16 Å². The molecule has 4 aromatic carbocycles. The average molecular weight is 471 g/mol. The molecule has 0 saturated heterocycles. The third kappa shape index (κ3) is 3.79. The van der Waals surface area contributed by atoms with Gasteiger partial charge >= 0.3 is 0 Å². The molecule has 1 aliphatic heterocycles. The van der Waals surface area contributed by atoms with Gasteiger partial charge in [0, 0.05) is 21.8 Å². The first-order chi connectivity index (χ1) is 16.6. The van der Waals surface area contributed by atoms with Crippen LogP contribution >= 0.6 is 11.6 Å². The van der Waals surface area contributed by atoms with E-state index in [0.29, 0.717) is 16.4 Å². The molecule has 1 N–H and O–H groups in total. The SMILES string of the molecule is COc1ccc(N2C(c3ccc(Cl)cc3)=NOC2(c2ccccc2)C(O)c2ccccc2)cc1. The summed E-state index contributed by atoms with van der Waals surface area (Å²) in [5.74, 6) is 1.28. The predicted octanol–water partition coefficient (Wildman–Crippen LogP) is 6.13. The Morgan fingerprint density at radius 1 is 0.853 bits per heavy atom. The number of halogens is 1. The lowest BCUT2D eigenvalue weighted by Gasteiger charge is -2.41. The molecule has 1 aliphatic rings. The second kappa shape index (κ2) is 9.21. The molecule has 0 radical (unpaired) electrons. The van der Waals surface area contributed by atoms with Gasteiger partial charge < -0.3 is 14.7 Å². The predicted molar refractivity (Wildman–Crippen MR) is 134 cm³/mol. The first-order valence-corrected chi connectivity index (χ1v) is 11.3. The molecule has 2 unspecified atom stereocenters. The third-order valence-electron chi connectivity index (χ3n) is 5.92. The molecule has 0 aromatic heterocycles. The van der Waals surface area contributed by atoms with Gasteiger partial charge in [-0.2, -0.15) is 0 Å². The summed E-state index contributed by atoms with van der Waals surface area (Å²) in [7, 11) is 1.63. The Morgan fingerprint density at radius 2 is 1.47 bits per heavy atom. The van der Waals surface area contributed by atoms with Crippen LogP contribution in [0.3, 0.4) is 0 Å². The molecular formula is C28H23ClN2O3. The molecule has 0 spiro atoms. The molecule has 0 fully saturated rings. The topological polar surface area (TPSA) is 54.3 Å². The summed E-state index contributed by atoms with van der Waals surface area (Å²) in [6, 6.07) is 34.1. The monoisotopic (exact) mass is 470 g/mol. The Hall–Kier alpha value is -3.80. The van der Waals surface area contributed by atoms with Crippen LogP contribution in [0.5, 0.6) is 5.75 Å². The van der Waals surface area contributed by atoms with Gasteiger partial charge in [-0.05, 0) is 54.1 Å². The highest BCUT2D eigenvalue weighted by molar-refractivity contribution is 6.30. The molecule has 4 aromatic rings. The molecule has 6 heteroatoms. The number of anilines is 1. The molecule has 2 atom stereocenters. The van der Waals surface area contributed by atoms with Gasteiger partial charge in [-0.15, -0.1) is 0 Å². The lowest BCUT2D eigenvalue weighted by atomic mass is 9.89. The van der Waals surface area contributed by atoms with Gasteiger partial charge in [0.2, 0.25) is 0 Å². The Morgan fingerprint density at radius 3 is 2.09 bits per heavy atom. The Balaban J connectivity index is 1.74. The van der Waals surface area contributed by atoms with Crippen molar-refractivity contribution in [3.05, 3.63) is 131 Å². The molecule has 5 rings (SSSR count). The molecule has 0 bridgehead atoms.